The predicted molar refractivity (Wildman–Crippen MR) is 95.7 cm³/mol. The largest absolute Gasteiger partial charge is 1.00 e. The van der Waals surface area contributed by atoms with Gasteiger partial charge in [0.25, 0.3) is 0 Å². The Balaban J connectivity index is 0.00000225. The number of quaternary nitrogens is 1. The number of ether oxygens (including phenoxy) is 3. The molecule has 3 rings (SSSR count). The molecule has 2 aliphatic heterocycles. The summed E-state index contributed by atoms with van der Waals surface area (Å²) in [5, 5.41) is 0. The van der Waals surface area contributed by atoms with Crippen LogP contribution >= 0.6 is 0 Å². The summed E-state index contributed by atoms with van der Waals surface area (Å²) < 4.78 is 18.7. The van der Waals surface area contributed by atoms with Crippen LogP contribution in [0.5, 0.6) is 11.5 Å². The van der Waals surface area contributed by atoms with E-state index in [1.54, 1.807) is 0 Å². The van der Waals surface area contributed by atoms with Gasteiger partial charge in [-0.15, -0.1) is 0 Å². The first kappa shape index (κ1) is 20.8. The van der Waals surface area contributed by atoms with Gasteiger partial charge in [-0.2, -0.15) is 0 Å². The summed E-state index contributed by atoms with van der Waals surface area (Å²) in [5.74, 6) is 1.67. The minimum atomic E-state index is 0. The van der Waals surface area contributed by atoms with Crippen molar-refractivity contribution in [2.24, 2.45) is 0 Å². The summed E-state index contributed by atoms with van der Waals surface area (Å²) in [6.07, 6.45) is 7.98. The van der Waals surface area contributed by atoms with E-state index in [2.05, 4.69) is 7.05 Å². The molecule has 25 heavy (non-hydrogen) atoms. The van der Waals surface area contributed by atoms with E-state index in [1.807, 2.05) is 24.3 Å². The molecule has 1 aromatic rings. The maximum Gasteiger partial charge on any atom is 0.161 e. The molecule has 1 atom stereocenters. The minimum absolute atomic E-state index is 0. The second-order valence-electron chi connectivity index (χ2n) is 7.48. The van der Waals surface area contributed by atoms with Crippen LogP contribution in [0.1, 0.15) is 38.5 Å². The second-order valence-corrected chi connectivity index (χ2v) is 7.48. The van der Waals surface area contributed by atoms with Gasteiger partial charge < -0.3 is 42.7 Å². The minimum Gasteiger partial charge on any atom is -1.00 e. The van der Waals surface area contributed by atoms with E-state index in [-0.39, 0.29) is 30.1 Å². The van der Waals surface area contributed by atoms with Crippen LogP contribution in [-0.2, 0) is 4.74 Å². The van der Waals surface area contributed by atoms with Crippen molar-refractivity contribution >= 4 is 0 Å². The van der Waals surface area contributed by atoms with Gasteiger partial charge in [-0.25, -0.2) is 0 Å². The number of hydrogen-bond acceptors (Lipinski definition) is 3. The normalized spacial score (nSPS) is 21.4. The molecule has 0 aliphatic carbocycles. The number of fused-ring (bicyclic) bond motifs is 1. The lowest BCUT2D eigenvalue weighted by Crippen LogP contribution is -3.00. The van der Waals surface area contributed by atoms with Crippen molar-refractivity contribution in [1.82, 2.24) is 0 Å². The number of nitrogens with zero attached hydrogens (tertiary/aromatic N) is 1. The molecule has 5 heteroatoms. The third-order valence-electron chi connectivity index (χ3n) is 5.25. The van der Waals surface area contributed by atoms with E-state index >= 15 is 0 Å². The number of rotatable bonds is 8. The first-order valence-corrected chi connectivity index (χ1v) is 9.55. The Morgan fingerprint density at radius 2 is 1.80 bits per heavy atom. The molecule has 0 radical (unpaired) electrons. The molecule has 0 aromatic heterocycles. The molecule has 1 fully saturated rings. The monoisotopic (exact) mass is 461 g/mol. The van der Waals surface area contributed by atoms with Crippen LogP contribution in [0.25, 0.3) is 0 Å². The number of unbranched alkanes of at least 4 members (excludes halogenated alkanes) is 2. The van der Waals surface area contributed by atoms with Crippen LogP contribution in [0.15, 0.2) is 24.3 Å². The summed E-state index contributed by atoms with van der Waals surface area (Å²) in [6.45, 7) is 6.09. The highest BCUT2D eigenvalue weighted by Gasteiger charge is 2.23. The summed E-state index contributed by atoms with van der Waals surface area (Å²) in [6, 6.07) is 7.82. The molecule has 0 bridgehead atoms. The third kappa shape index (κ3) is 6.61. The molecule has 0 amide bonds. The maximum atomic E-state index is 5.90. The van der Waals surface area contributed by atoms with Crippen LogP contribution in [0.3, 0.4) is 0 Å². The topological polar surface area (TPSA) is 27.7 Å². The molecule has 0 N–H and O–H groups in total. The quantitative estimate of drug-likeness (QED) is 0.323. The van der Waals surface area contributed by atoms with E-state index in [0.29, 0.717) is 13.2 Å². The van der Waals surface area contributed by atoms with Crippen molar-refractivity contribution in [3.8, 4) is 11.5 Å². The molecule has 142 valence electrons. The second kappa shape index (κ2) is 10.6. The SMILES string of the molecule is C[N+]1(CCCCCOCC2COc3ccccc3O2)CCCCC1.[I-]. The first-order chi connectivity index (χ1) is 11.8. The van der Waals surface area contributed by atoms with Crippen LogP contribution < -0.4 is 33.5 Å². The summed E-state index contributed by atoms with van der Waals surface area (Å²) >= 11 is 0. The van der Waals surface area contributed by atoms with Crippen molar-refractivity contribution in [1.29, 1.82) is 0 Å². The lowest BCUT2D eigenvalue weighted by atomic mass is 10.1. The maximum absolute atomic E-state index is 5.90. The van der Waals surface area contributed by atoms with Crippen LogP contribution in [0, 0.1) is 0 Å². The average molecular weight is 461 g/mol. The molecule has 0 saturated carbocycles. The van der Waals surface area contributed by atoms with Crippen LogP contribution in [0.2, 0.25) is 0 Å². The van der Waals surface area contributed by atoms with Gasteiger partial charge in [0.05, 0.1) is 33.3 Å². The van der Waals surface area contributed by atoms with E-state index in [4.69, 9.17) is 14.2 Å². The lowest BCUT2D eigenvalue weighted by molar-refractivity contribution is -0.914. The molecular formula is C20H32INO3. The zero-order valence-electron chi connectivity index (χ0n) is 15.4. The summed E-state index contributed by atoms with van der Waals surface area (Å²) in [5.41, 5.74) is 0. The predicted octanol–water partition coefficient (Wildman–Crippen LogP) is 0.648. The number of hydrogen-bond donors (Lipinski definition) is 0. The van der Waals surface area contributed by atoms with E-state index in [9.17, 15) is 0 Å². The van der Waals surface area contributed by atoms with Crippen molar-refractivity contribution in [2.75, 3.05) is 46.5 Å². The number of halogens is 1. The smallest absolute Gasteiger partial charge is 0.161 e. The van der Waals surface area contributed by atoms with Gasteiger partial charge in [-0.05, 0) is 50.7 Å². The van der Waals surface area contributed by atoms with Gasteiger partial charge in [0.1, 0.15) is 6.61 Å². The van der Waals surface area contributed by atoms with Gasteiger partial charge >= 0.3 is 0 Å². The van der Waals surface area contributed by atoms with Crippen molar-refractivity contribution in [3.05, 3.63) is 24.3 Å². The van der Waals surface area contributed by atoms with Crippen molar-refractivity contribution < 1.29 is 42.7 Å². The molecule has 0 spiro atoms. The number of para-hydroxylation sites is 2. The highest BCUT2D eigenvalue weighted by molar-refractivity contribution is 5.40. The first-order valence-electron chi connectivity index (χ1n) is 9.55. The van der Waals surface area contributed by atoms with Gasteiger partial charge in [-0.1, -0.05) is 12.1 Å². The van der Waals surface area contributed by atoms with Crippen molar-refractivity contribution in [2.45, 2.75) is 44.6 Å². The highest BCUT2D eigenvalue weighted by atomic mass is 127. The third-order valence-corrected chi connectivity index (χ3v) is 5.25. The molecule has 2 heterocycles. The lowest BCUT2D eigenvalue weighted by Gasteiger charge is -2.37. The zero-order chi connectivity index (χ0) is 16.7. The fraction of sp³-hybridized carbons (Fsp3) is 0.700. The molecule has 2 aliphatic rings. The number of piperidine rings is 1. The molecule has 1 saturated heterocycles. The van der Waals surface area contributed by atoms with E-state index < -0.39 is 0 Å². The van der Waals surface area contributed by atoms with Crippen LogP contribution in [-0.4, -0.2) is 57.1 Å². The van der Waals surface area contributed by atoms with Gasteiger partial charge in [0, 0.05) is 6.61 Å². The highest BCUT2D eigenvalue weighted by Crippen LogP contribution is 2.30. The summed E-state index contributed by atoms with van der Waals surface area (Å²) in [4.78, 5) is 0. The Morgan fingerprint density at radius 3 is 2.60 bits per heavy atom. The fourth-order valence-electron chi connectivity index (χ4n) is 3.73. The van der Waals surface area contributed by atoms with E-state index in [0.717, 1.165) is 24.5 Å². The van der Waals surface area contributed by atoms with Gasteiger partial charge in [0.15, 0.2) is 17.6 Å². The molecule has 1 aromatic carbocycles. The van der Waals surface area contributed by atoms with E-state index in [1.165, 1.54) is 56.2 Å². The Morgan fingerprint density at radius 1 is 1.04 bits per heavy atom. The number of benzene rings is 1. The van der Waals surface area contributed by atoms with Gasteiger partial charge in [0.2, 0.25) is 0 Å². The molecular weight excluding hydrogens is 429 g/mol. The van der Waals surface area contributed by atoms with Gasteiger partial charge in [-0.3, -0.25) is 0 Å². The average Bonchev–Trinajstić information content (AvgIpc) is 2.61. The Kier molecular flexibility index (Phi) is 8.79. The zero-order valence-corrected chi connectivity index (χ0v) is 17.6. The Labute approximate surface area is 169 Å². The Hall–Kier alpha value is -0.530. The molecule has 4 nitrogen and oxygen atoms in total. The Bertz CT molecular complexity index is 505. The standard InChI is InChI=1S/C20H32NO3.HI/c1-21(12-6-2-7-13-21)14-8-3-9-15-22-16-18-17-23-19-10-4-5-11-20(19)24-18;/h4-5,10-11,18H,2-3,6-9,12-17H2,1H3;1H/q+1;/p-1. The number of likely N-dealkylation sites (tertiary alicyclic amines) is 1. The summed E-state index contributed by atoms with van der Waals surface area (Å²) in [7, 11) is 2.42. The molecule has 1 unspecified atom stereocenters. The van der Waals surface area contributed by atoms with Crippen LogP contribution in [0.4, 0.5) is 0 Å². The fourth-order valence-corrected chi connectivity index (χ4v) is 3.73. The van der Waals surface area contributed by atoms with Crippen molar-refractivity contribution in [3.63, 3.8) is 0 Å².